The van der Waals surface area contributed by atoms with E-state index in [4.69, 9.17) is 14.2 Å². The zero-order chi connectivity index (χ0) is 24.7. The Kier molecular flexibility index (Phi) is 19.9. The number of unbranched alkanes of at least 4 members (excludes halogenated alkanes) is 17. The Labute approximate surface area is 221 Å². The van der Waals surface area contributed by atoms with Crippen LogP contribution >= 0.6 is 11.3 Å². The molecule has 0 aliphatic carbocycles. The van der Waals surface area contributed by atoms with E-state index < -0.39 is 0 Å². The molecule has 0 spiro atoms. The third kappa shape index (κ3) is 17.6. The third-order valence-electron chi connectivity index (χ3n) is 7.14. The van der Waals surface area contributed by atoms with Crippen molar-refractivity contribution in [1.82, 2.24) is 0 Å². The second-order valence-electron chi connectivity index (χ2n) is 10.5. The maximum Gasteiger partial charge on any atom is 0.224 e. The molecule has 1 aliphatic heterocycles. The molecule has 2 heterocycles. The van der Waals surface area contributed by atoms with Gasteiger partial charge in [-0.2, -0.15) is 4.57 Å². The van der Waals surface area contributed by atoms with Gasteiger partial charge in [0.1, 0.15) is 12.6 Å². The minimum atomic E-state index is 0.00329. The quantitative estimate of drug-likeness (QED) is 0.0974. The molecule has 1 aliphatic rings. The number of hydrogen-bond acceptors (Lipinski definition) is 4. The maximum absolute atomic E-state index is 6.02. The Hall–Kier alpha value is -0.490. The highest BCUT2D eigenvalue weighted by Gasteiger charge is 2.25. The van der Waals surface area contributed by atoms with Crippen LogP contribution in [0.1, 0.15) is 135 Å². The molecule has 1 saturated heterocycles. The minimum Gasteiger partial charge on any atom is -0.379 e. The van der Waals surface area contributed by atoms with Crippen LogP contribution in [-0.2, 0) is 20.8 Å². The van der Waals surface area contributed by atoms with E-state index in [1.165, 1.54) is 116 Å². The predicted octanol–water partition coefficient (Wildman–Crippen LogP) is 8.62. The second-order valence-corrected chi connectivity index (χ2v) is 11.3. The summed E-state index contributed by atoms with van der Waals surface area (Å²) in [7, 11) is 0. The number of rotatable bonds is 25. The molecule has 2 rings (SSSR count). The van der Waals surface area contributed by atoms with Crippen molar-refractivity contribution in [2.75, 3.05) is 19.8 Å². The molecule has 0 radical (unpaired) electrons. The molecule has 0 saturated carbocycles. The smallest absolute Gasteiger partial charge is 0.224 e. The monoisotopic (exact) mass is 510 g/mol. The van der Waals surface area contributed by atoms with Crippen LogP contribution in [0.2, 0.25) is 0 Å². The zero-order valence-corrected chi connectivity index (χ0v) is 23.8. The minimum absolute atomic E-state index is 0.00329. The van der Waals surface area contributed by atoms with Crippen LogP contribution in [0.25, 0.3) is 0 Å². The summed E-state index contributed by atoms with van der Waals surface area (Å²) in [6.45, 7) is 5.70. The lowest BCUT2D eigenvalue weighted by molar-refractivity contribution is -0.692. The molecule has 35 heavy (non-hydrogen) atoms. The first-order valence-corrected chi connectivity index (χ1v) is 16.1. The van der Waals surface area contributed by atoms with Gasteiger partial charge in [-0.1, -0.05) is 115 Å². The molecule has 0 aromatic carbocycles. The van der Waals surface area contributed by atoms with E-state index >= 15 is 0 Å². The van der Waals surface area contributed by atoms with Gasteiger partial charge in [0.05, 0.1) is 18.6 Å². The molecule has 204 valence electrons. The van der Waals surface area contributed by atoms with Gasteiger partial charge >= 0.3 is 0 Å². The van der Waals surface area contributed by atoms with Crippen LogP contribution in [0.15, 0.2) is 17.1 Å². The summed E-state index contributed by atoms with van der Waals surface area (Å²) in [6.07, 6.45) is 29.2. The van der Waals surface area contributed by atoms with Gasteiger partial charge in [0.25, 0.3) is 0 Å². The van der Waals surface area contributed by atoms with Crippen molar-refractivity contribution in [2.45, 2.75) is 154 Å². The number of aryl methyl sites for hydroxylation is 1. The SMILES string of the molecule is CCCCCCCCCCCCCCC[C@@H]1OC[C@@H](COCCCCCCCC[n+]2ccsc2)O1. The van der Waals surface area contributed by atoms with Crippen molar-refractivity contribution in [3.8, 4) is 0 Å². The second kappa shape index (κ2) is 22.7. The van der Waals surface area contributed by atoms with Crippen LogP contribution in [-0.4, -0.2) is 32.2 Å². The van der Waals surface area contributed by atoms with Crippen molar-refractivity contribution >= 4 is 11.3 Å². The van der Waals surface area contributed by atoms with Gasteiger partial charge in [-0.15, -0.1) is 0 Å². The van der Waals surface area contributed by atoms with E-state index in [0.29, 0.717) is 13.2 Å². The topological polar surface area (TPSA) is 31.6 Å². The van der Waals surface area contributed by atoms with Gasteiger partial charge < -0.3 is 14.2 Å². The number of aromatic nitrogens is 1. The highest BCUT2D eigenvalue weighted by molar-refractivity contribution is 7.07. The summed E-state index contributed by atoms with van der Waals surface area (Å²) in [6, 6.07) is 0. The van der Waals surface area contributed by atoms with Crippen molar-refractivity contribution in [1.29, 1.82) is 0 Å². The van der Waals surface area contributed by atoms with Crippen molar-refractivity contribution in [2.24, 2.45) is 0 Å². The highest BCUT2D eigenvalue weighted by atomic mass is 32.1. The number of hydrogen-bond donors (Lipinski definition) is 0. The number of ether oxygens (including phenoxy) is 3. The Morgan fingerprint density at radius 1 is 0.771 bits per heavy atom. The summed E-state index contributed by atoms with van der Waals surface area (Å²) in [5, 5.41) is 2.14. The summed E-state index contributed by atoms with van der Waals surface area (Å²) >= 11 is 1.77. The molecule has 1 aromatic rings. The normalized spacial score (nSPS) is 18.0. The molecule has 5 heteroatoms. The Bertz CT molecular complexity index is 554. The van der Waals surface area contributed by atoms with Crippen molar-refractivity contribution in [3.05, 3.63) is 17.1 Å². The number of nitrogens with zero attached hydrogens (tertiary/aromatic N) is 1. The lowest BCUT2D eigenvalue weighted by Gasteiger charge is -2.12. The fourth-order valence-electron chi connectivity index (χ4n) is 4.88. The first-order valence-electron chi connectivity index (χ1n) is 15.1. The van der Waals surface area contributed by atoms with E-state index in [-0.39, 0.29) is 12.4 Å². The molecule has 0 unspecified atom stereocenters. The molecule has 2 atom stereocenters. The molecule has 1 aromatic heterocycles. The first kappa shape index (κ1) is 30.7. The van der Waals surface area contributed by atoms with E-state index in [2.05, 4.69) is 28.6 Å². The average Bonchev–Trinajstić information content (AvgIpc) is 3.55. The molecular formula is C30H56NO3S+. The van der Waals surface area contributed by atoms with Crippen molar-refractivity contribution < 1.29 is 18.8 Å². The van der Waals surface area contributed by atoms with Crippen LogP contribution in [0.3, 0.4) is 0 Å². The fraction of sp³-hybridized carbons (Fsp3) is 0.900. The van der Waals surface area contributed by atoms with E-state index in [1.54, 1.807) is 11.3 Å². The Morgan fingerprint density at radius 2 is 1.37 bits per heavy atom. The van der Waals surface area contributed by atoms with Gasteiger partial charge in [-0.05, 0) is 25.7 Å². The lowest BCUT2D eigenvalue weighted by Crippen LogP contribution is -2.29. The van der Waals surface area contributed by atoms with Gasteiger partial charge in [-0.3, -0.25) is 0 Å². The molecule has 0 N–H and O–H groups in total. The van der Waals surface area contributed by atoms with Crippen LogP contribution in [0.5, 0.6) is 0 Å². The van der Waals surface area contributed by atoms with Crippen LogP contribution < -0.4 is 4.57 Å². The number of thiazole rings is 1. The maximum atomic E-state index is 6.02. The molecule has 0 amide bonds. The van der Waals surface area contributed by atoms with E-state index in [0.717, 1.165) is 26.0 Å². The van der Waals surface area contributed by atoms with Gasteiger partial charge in [0.15, 0.2) is 12.5 Å². The third-order valence-corrected chi connectivity index (χ3v) is 7.81. The molecule has 1 fully saturated rings. The predicted molar refractivity (Wildman–Crippen MR) is 148 cm³/mol. The Morgan fingerprint density at radius 3 is 2.00 bits per heavy atom. The fourth-order valence-corrected chi connectivity index (χ4v) is 5.51. The van der Waals surface area contributed by atoms with Crippen LogP contribution in [0.4, 0.5) is 0 Å². The molecule has 4 nitrogen and oxygen atoms in total. The standard InChI is InChI=1S/C30H56NO3S/c1-2-3-4-5-6-7-8-9-10-11-12-15-18-21-30-33-27-29(34-30)26-32-24-20-17-14-13-16-19-22-31-23-25-35-28-31/h23,25,28-30H,2-22,24,26-27H2,1H3/q+1/t29-,30-/m1/s1. The average molecular weight is 511 g/mol. The van der Waals surface area contributed by atoms with Gasteiger partial charge in [0, 0.05) is 13.0 Å². The Balaban J connectivity index is 1.26. The largest absolute Gasteiger partial charge is 0.379 e. The van der Waals surface area contributed by atoms with E-state index in [1.807, 2.05) is 0 Å². The van der Waals surface area contributed by atoms with Crippen molar-refractivity contribution in [3.63, 3.8) is 0 Å². The molecular weight excluding hydrogens is 454 g/mol. The summed E-state index contributed by atoms with van der Waals surface area (Å²) in [5.74, 6) is 0. The lowest BCUT2D eigenvalue weighted by atomic mass is 10.0. The summed E-state index contributed by atoms with van der Waals surface area (Å²) < 4.78 is 20.0. The highest BCUT2D eigenvalue weighted by Crippen LogP contribution is 2.19. The first-order chi connectivity index (χ1) is 17.4. The van der Waals surface area contributed by atoms with Crippen LogP contribution in [0, 0.1) is 0 Å². The zero-order valence-electron chi connectivity index (χ0n) is 22.9. The van der Waals surface area contributed by atoms with Gasteiger partial charge in [-0.25, -0.2) is 0 Å². The van der Waals surface area contributed by atoms with Gasteiger partial charge in [0.2, 0.25) is 5.51 Å². The van der Waals surface area contributed by atoms with E-state index in [9.17, 15) is 0 Å². The summed E-state index contributed by atoms with van der Waals surface area (Å²) in [4.78, 5) is 0. The summed E-state index contributed by atoms with van der Waals surface area (Å²) in [5.41, 5.74) is 2.19. The molecule has 0 bridgehead atoms.